The van der Waals surface area contributed by atoms with Gasteiger partial charge >= 0.3 is 0 Å². The number of hydrogen-bond donors (Lipinski definition) is 0. The van der Waals surface area contributed by atoms with Gasteiger partial charge in [-0.15, -0.1) is 0 Å². The molecule has 1 unspecified atom stereocenters. The van der Waals surface area contributed by atoms with Crippen molar-refractivity contribution in [1.82, 2.24) is 4.98 Å². The molecule has 0 aliphatic carbocycles. The van der Waals surface area contributed by atoms with Gasteiger partial charge in [0.2, 0.25) is 0 Å². The van der Waals surface area contributed by atoms with Gasteiger partial charge in [0.1, 0.15) is 0 Å². The van der Waals surface area contributed by atoms with Crippen LogP contribution in [0.25, 0.3) is 11.3 Å². The predicted molar refractivity (Wildman–Crippen MR) is 65.7 cm³/mol. The van der Waals surface area contributed by atoms with Crippen LogP contribution in [-0.4, -0.2) is 4.98 Å². The van der Waals surface area contributed by atoms with Gasteiger partial charge in [0.05, 0.1) is 6.20 Å². The lowest BCUT2D eigenvalue weighted by Gasteiger charge is -2.01. The van der Waals surface area contributed by atoms with E-state index < -0.39 is 0 Å². The van der Waals surface area contributed by atoms with Crippen LogP contribution in [0.2, 0.25) is 5.02 Å². The molecule has 0 saturated carbocycles. The number of benzene rings is 1. The Morgan fingerprint density at radius 2 is 2.00 bits per heavy atom. The molecule has 2 aromatic rings. The van der Waals surface area contributed by atoms with E-state index in [0.29, 0.717) is 5.92 Å². The summed E-state index contributed by atoms with van der Waals surface area (Å²) < 4.78 is 5.71. The molecule has 0 aliphatic rings. The Labute approximate surface area is 100 Å². The molecule has 2 rings (SSSR count). The highest BCUT2D eigenvalue weighted by Crippen LogP contribution is 2.26. The van der Waals surface area contributed by atoms with Gasteiger partial charge in [-0.25, -0.2) is 4.98 Å². The molecule has 0 saturated heterocycles. The lowest BCUT2D eigenvalue weighted by molar-refractivity contribution is 0.462. The van der Waals surface area contributed by atoms with Crippen LogP contribution >= 0.6 is 11.6 Å². The molecule has 0 N–H and O–H groups in total. The molecule has 0 bridgehead atoms. The van der Waals surface area contributed by atoms with Crippen molar-refractivity contribution in [3.05, 3.63) is 41.4 Å². The molecule has 2 nitrogen and oxygen atoms in total. The first-order valence-electron chi connectivity index (χ1n) is 5.42. The summed E-state index contributed by atoms with van der Waals surface area (Å²) in [5.74, 6) is 1.96. The van der Waals surface area contributed by atoms with E-state index in [9.17, 15) is 0 Å². The summed E-state index contributed by atoms with van der Waals surface area (Å²) in [5.41, 5.74) is 1.01. The minimum absolute atomic E-state index is 0.362. The third kappa shape index (κ3) is 2.27. The van der Waals surface area contributed by atoms with E-state index in [2.05, 4.69) is 18.8 Å². The van der Waals surface area contributed by atoms with Crippen molar-refractivity contribution >= 4 is 11.6 Å². The zero-order valence-corrected chi connectivity index (χ0v) is 10.2. The third-order valence-electron chi connectivity index (χ3n) is 2.69. The lowest BCUT2D eigenvalue weighted by atomic mass is 10.1. The van der Waals surface area contributed by atoms with Gasteiger partial charge in [-0.1, -0.05) is 25.4 Å². The molecular formula is C13H14ClNO. The zero-order chi connectivity index (χ0) is 11.5. The standard InChI is InChI=1S/C13H14ClNO/c1-3-9(2)13-15-8-12(16-13)10-4-6-11(14)7-5-10/h4-9H,3H2,1-2H3. The van der Waals surface area contributed by atoms with Crippen molar-refractivity contribution in [2.75, 3.05) is 0 Å². The first-order chi connectivity index (χ1) is 7.70. The van der Waals surface area contributed by atoms with Gasteiger partial charge in [0.25, 0.3) is 0 Å². The van der Waals surface area contributed by atoms with Crippen molar-refractivity contribution in [3.63, 3.8) is 0 Å². The molecule has 1 heterocycles. The SMILES string of the molecule is CCC(C)c1ncc(-c2ccc(Cl)cc2)o1. The molecule has 16 heavy (non-hydrogen) atoms. The molecule has 1 aromatic carbocycles. The Morgan fingerprint density at radius 1 is 1.31 bits per heavy atom. The van der Waals surface area contributed by atoms with Crippen molar-refractivity contribution in [2.24, 2.45) is 0 Å². The number of aromatic nitrogens is 1. The second kappa shape index (κ2) is 4.71. The number of nitrogens with zero attached hydrogens (tertiary/aromatic N) is 1. The fourth-order valence-corrected chi connectivity index (χ4v) is 1.56. The number of hydrogen-bond acceptors (Lipinski definition) is 2. The van der Waals surface area contributed by atoms with Gasteiger partial charge in [-0.05, 0) is 30.7 Å². The minimum Gasteiger partial charge on any atom is -0.440 e. The second-order valence-corrected chi connectivity index (χ2v) is 4.32. The number of oxazole rings is 1. The zero-order valence-electron chi connectivity index (χ0n) is 9.40. The van der Waals surface area contributed by atoms with E-state index in [4.69, 9.17) is 16.0 Å². The topological polar surface area (TPSA) is 26.0 Å². The molecule has 0 fully saturated rings. The maximum absolute atomic E-state index is 5.83. The molecular weight excluding hydrogens is 222 g/mol. The summed E-state index contributed by atoms with van der Waals surface area (Å²) in [6.45, 7) is 4.23. The van der Waals surface area contributed by atoms with E-state index in [1.807, 2.05) is 24.3 Å². The average Bonchev–Trinajstić information content (AvgIpc) is 2.78. The maximum Gasteiger partial charge on any atom is 0.197 e. The van der Waals surface area contributed by atoms with Crippen LogP contribution in [-0.2, 0) is 0 Å². The first kappa shape index (κ1) is 11.2. The summed E-state index contributed by atoms with van der Waals surface area (Å²) in [4.78, 5) is 4.29. The highest BCUT2D eigenvalue weighted by molar-refractivity contribution is 6.30. The van der Waals surface area contributed by atoms with Crippen LogP contribution in [0.5, 0.6) is 0 Å². The van der Waals surface area contributed by atoms with E-state index in [-0.39, 0.29) is 0 Å². The Balaban J connectivity index is 2.28. The first-order valence-corrected chi connectivity index (χ1v) is 5.80. The third-order valence-corrected chi connectivity index (χ3v) is 2.94. The van der Waals surface area contributed by atoms with E-state index in [1.165, 1.54) is 0 Å². The summed E-state index contributed by atoms with van der Waals surface area (Å²) >= 11 is 5.83. The van der Waals surface area contributed by atoms with Crippen LogP contribution in [0.15, 0.2) is 34.9 Å². The molecule has 1 atom stereocenters. The van der Waals surface area contributed by atoms with Crippen LogP contribution in [0.4, 0.5) is 0 Å². The van der Waals surface area contributed by atoms with Crippen molar-refractivity contribution in [2.45, 2.75) is 26.2 Å². The van der Waals surface area contributed by atoms with Crippen LogP contribution in [0.3, 0.4) is 0 Å². The molecule has 0 spiro atoms. The minimum atomic E-state index is 0.362. The summed E-state index contributed by atoms with van der Waals surface area (Å²) in [6, 6.07) is 7.57. The predicted octanol–water partition coefficient (Wildman–Crippen LogP) is 4.51. The lowest BCUT2D eigenvalue weighted by Crippen LogP contribution is -1.89. The second-order valence-electron chi connectivity index (χ2n) is 3.88. The monoisotopic (exact) mass is 235 g/mol. The highest BCUT2D eigenvalue weighted by Gasteiger charge is 2.11. The molecule has 0 aliphatic heterocycles. The van der Waals surface area contributed by atoms with Crippen LogP contribution < -0.4 is 0 Å². The highest BCUT2D eigenvalue weighted by atomic mass is 35.5. The molecule has 3 heteroatoms. The fraction of sp³-hybridized carbons (Fsp3) is 0.308. The fourth-order valence-electron chi connectivity index (χ4n) is 1.44. The Kier molecular flexibility index (Phi) is 3.30. The molecule has 0 radical (unpaired) electrons. The Bertz CT molecular complexity index is 461. The maximum atomic E-state index is 5.83. The van der Waals surface area contributed by atoms with E-state index in [1.54, 1.807) is 6.20 Å². The van der Waals surface area contributed by atoms with Crippen molar-refractivity contribution < 1.29 is 4.42 Å². The van der Waals surface area contributed by atoms with Crippen molar-refractivity contribution in [3.8, 4) is 11.3 Å². The summed E-state index contributed by atoms with van der Waals surface area (Å²) in [5, 5.41) is 0.727. The Hall–Kier alpha value is -1.28. The average molecular weight is 236 g/mol. The quantitative estimate of drug-likeness (QED) is 0.783. The van der Waals surface area contributed by atoms with Crippen LogP contribution in [0, 0.1) is 0 Å². The van der Waals surface area contributed by atoms with E-state index >= 15 is 0 Å². The number of halogens is 1. The normalized spacial score (nSPS) is 12.7. The molecule has 84 valence electrons. The molecule has 1 aromatic heterocycles. The van der Waals surface area contributed by atoms with Crippen molar-refractivity contribution in [1.29, 1.82) is 0 Å². The summed E-state index contributed by atoms with van der Waals surface area (Å²) in [7, 11) is 0. The van der Waals surface area contributed by atoms with Gasteiger partial charge < -0.3 is 4.42 Å². The van der Waals surface area contributed by atoms with E-state index in [0.717, 1.165) is 28.7 Å². The van der Waals surface area contributed by atoms with Gasteiger partial charge in [-0.2, -0.15) is 0 Å². The molecule has 0 amide bonds. The summed E-state index contributed by atoms with van der Waals surface area (Å²) in [6.07, 6.45) is 2.80. The smallest absolute Gasteiger partial charge is 0.197 e. The number of rotatable bonds is 3. The van der Waals surface area contributed by atoms with Gasteiger partial charge in [-0.3, -0.25) is 0 Å². The Morgan fingerprint density at radius 3 is 2.62 bits per heavy atom. The van der Waals surface area contributed by atoms with Gasteiger partial charge in [0, 0.05) is 16.5 Å². The van der Waals surface area contributed by atoms with Gasteiger partial charge in [0.15, 0.2) is 11.7 Å². The largest absolute Gasteiger partial charge is 0.440 e. The van der Waals surface area contributed by atoms with Crippen LogP contribution in [0.1, 0.15) is 32.1 Å².